The quantitative estimate of drug-likeness (QED) is 0.847. The monoisotopic (exact) mass is 236 g/mol. The highest BCUT2D eigenvalue weighted by molar-refractivity contribution is 5.02. The Morgan fingerprint density at radius 2 is 2.19 bits per heavy atom. The Hall–Kier alpha value is -1.11. The molecule has 0 fully saturated rings. The molecule has 1 rings (SSSR count). The van der Waals surface area contributed by atoms with Gasteiger partial charge in [0.2, 0.25) is 0 Å². The number of hydrogen-bond acceptors (Lipinski definition) is 3. The first kappa shape index (κ1) is 13.0. The molecular formula is C9H15F3N4. The predicted molar refractivity (Wildman–Crippen MR) is 52.7 cm³/mol. The van der Waals surface area contributed by atoms with Crippen LogP contribution in [0.25, 0.3) is 0 Å². The van der Waals surface area contributed by atoms with Crippen molar-refractivity contribution >= 4 is 0 Å². The summed E-state index contributed by atoms with van der Waals surface area (Å²) in [5.74, 6) is 0. The van der Waals surface area contributed by atoms with Gasteiger partial charge in [0.1, 0.15) is 0 Å². The summed E-state index contributed by atoms with van der Waals surface area (Å²) in [6, 6.07) is -0.778. The van der Waals surface area contributed by atoms with Crippen molar-refractivity contribution in [2.75, 3.05) is 6.54 Å². The van der Waals surface area contributed by atoms with Gasteiger partial charge in [0.15, 0.2) is 0 Å². The molecule has 1 N–H and O–H groups in total. The number of aromatic nitrogens is 3. The van der Waals surface area contributed by atoms with Crippen LogP contribution in [-0.4, -0.2) is 27.7 Å². The molecule has 0 aliphatic rings. The van der Waals surface area contributed by atoms with Crippen LogP contribution in [0, 0.1) is 0 Å². The molecule has 1 atom stereocenters. The Bertz CT molecular complexity index is 321. The average Bonchev–Trinajstić information content (AvgIpc) is 2.57. The lowest BCUT2D eigenvalue weighted by Gasteiger charge is -2.19. The lowest BCUT2D eigenvalue weighted by molar-refractivity contribution is -0.140. The zero-order valence-electron chi connectivity index (χ0n) is 9.25. The Morgan fingerprint density at radius 1 is 1.50 bits per heavy atom. The highest BCUT2D eigenvalue weighted by Gasteiger charge is 2.33. The lowest BCUT2D eigenvalue weighted by Crippen LogP contribution is -2.28. The number of alkyl halides is 3. The van der Waals surface area contributed by atoms with Gasteiger partial charge in [-0.3, -0.25) is 4.68 Å². The van der Waals surface area contributed by atoms with Crippen LogP contribution in [0.5, 0.6) is 0 Å². The van der Waals surface area contributed by atoms with Gasteiger partial charge in [0.25, 0.3) is 0 Å². The summed E-state index contributed by atoms with van der Waals surface area (Å²) < 4.78 is 38.5. The SMILES string of the molecule is CCCNC(CC(F)(F)F)c1cnnn1C. The van der Waals surface area contributed by atoms with Crippen molar-refractivity contribution in [3.63, 3.8) is 0 Å². The zero-order valence-corrected chi connectivity index (χ0v) is 9.25. The normalized spacial score (nSPS) is 14.1. The van der Waals surface area contributed by atoms with E-state index in [0.717, 1.165) is 6.42 Å². The molecule has 0 aromatic carbocycles. The fourth-order valence-electron chi connectivity index (χ4n) is 1.44. The molecule has 0 radical (unpaired) electrons. The molecule has 16 heavy (non-hydrogen) atoms. The minimum absolute atomic E-state index is 0.450. The van der Waals surface area contributed by atoms with Gasteiger partial charge in [-0.05, 0) is 13.0 Å². The lowest BCUT2D eigenvalue weighted by atomic mass is 10.1. The van der Waals surface area contributed by atoms with E-state index in [1.807, 2.05) is 6.92 Å². The van der Waals surface area contributed by atoms with E-state index >= 15 is 0 Å². The molecule has 1 aromatic rings. The van der Waals surface area contributed by atoms with Crippen molar-refractivity contribution in [2.45, 2.75) is 32.0 Å². The second-order valence-corrected chi connectivity index (χ2v) is 3.61. The molecule has 92 valence electrons. The number of nitrogens with zero attached hydrogens (tertiary/aromatic N) is 3. The van der Waals surface area contributed by atoms with E-state index in [4.69, 9.17) is 0 Å². The van der Waals surface area contributed by atoms with Crippen LogP contribution >= 0.6 is 0 Å². The van der Waals surface area contributed by atoms with Crippen LogP contribution in [0.2, 0.25) is 0 Å². The summed E-state index contributed by atoms with van der Waals surface area (Å²) in [6.45, 7) is 2.44. The summed E-state index contributed by atoms with van der Waals surface area (Å²) >= 11 is 0. The zero-order chi connectivity index (χ0) is 12.2. The van der Waals surface area contributed by atoms with E-state index in [1.54, 1.807) is 7.05 Å². The number of rotatable bonds is 5. The Labute approximate surface area is 91.8 Å². The molecule has 0 aliphatic heterocycles. The first-order chi connectivity index (χ1) is 7.44. The van der Waals surface area contributed by atoms with Gasteiger partial charge in [0.05, 0.1) is 24.4 Å². The molecule has 7 heteroatoms. The van der Waals surface area contributed by atoms with E-state index in [2.05, 4.69) is 15.6 Å². The summed E-state index contributed by atoms with van der Waals surface area (Å²) in [5, 5.41) is 10.1. The summed E-state index contributed by atoms with van der Waals surface area (Å²) in [5.41, 5.74) is 0.450. The molecule has 0 saturated carbocycles. The maximum absolute atomic E-state index is 12.4. The number of hydrogen-bond donors (Lipinski definition) is 1. The first-order valence-electron chi connectivity index (χ1n) is 5.08. The minimum Gasteiger partial charge on any atom is -0.308 e. The Balaban J connectivity index is 2.75. The topological polar surface area (TPSA) is 42.7 Å². The summed E-state index contributed by atoms with van der Waals surface area (Å²) in [7, 11) is 1.58. The minimum atomic E-state index is -4.20. The maximum Gasteiger partial charge on any atom is 0.390 e. The second-order valence-electron chi connectivity index (χ2n) is 3.61. The van der Waals surface area contributed by atoms with Crippen LogP contribution < -0.4 is 5.32 Å². The molecule has 4 nitrogen and oxygen atoms in total. The number of aryl methyl sites for hydroxylation is 1. The molecule has 0 aliphatic carbocycles. The Kier molecular flexibility index (Phi) is 4.28. The van der Waals surface area contributed by atoms with Gasteiger partial charge in [-0.15, -0.1) is 5.10 Å². The van der Waals surface area contributed by atoms with E-state index in [0.29, 0.717) is 12.2 Å². The van der Waals surface area contributed by atoms with Crippen molar-refractivity contribution in [1.29, 1.82) is 0 Å². The van der Waals surface area contributed by atoms with Crippen molar-refractivity contribution in [1.82, 2.24) is 20.3 Å². The maximum atomic E-state index is 12.4. The van der Waals surface area contributed by atoms with E-state index < -0.39 is 18.6 Å². The van der Waals surface area contributed by atoms with Crippen molar-refractivity contribution in [2.24, 2.45) is 7.05 Å². The van der Waals surface area contributed by atoms with Gasteiger partial charge < -0.3 is 5.32 Å². The summed E-state index contributed by atoms with van der Waals surface area (Å²) in [4.78, 5) is 0. The van der Waals surface area contributed by atoms with Gasteiger partial charge in [-0.2, -0.15) is 13.2 Å². The van der Waals surface area contributed by atoms with Crippen molar-refractivity contribution in [3.05, 3.63) is 11.9 Å². The van der Waals surface area contributed by atoms with Crippen molar-refractivity contribution < 1.29 is 13.2 Å². The number of nitrogens with one attached hydrogen (secondary N) is 1. The van der Waals surface area contributed by atoms with Crippen LogP contribution in [0.15, 0.2) is 6.20 Å². The second kappa shape index (κ2) is 5.29. The van der Waals surface area contributed by atoms with Crippen LogP contribution in [0.1, 0.15) is 31.5 Å². The van der Waals surface area contributed by atoms with E-state index in [-0.39, 0.29) is 0 Å². The fraction of sp³-hybridized carbons (Fsp3) is 0.778. The van der Waals surface area contributed by atoms with Crippen LogP contribution in [-0.2, 0) is 7.05 Å². The van der Waals surface area contributed by atoms with E-state index in [9.17, 15) is 13.2 Å². The highest BCUT2D eigenvalue weighted by Crippen LogP contribution is 2.28. The fourth-order valence-corrected chi connectivity index (χ4v) is 1.44. The molecule has 0 bridgehead atoms. The third-order valence-corrected chi connectivity index (χ3v) is 2.18. The molecule has 1 unspecified atom stereocenters. The smallest absolute Gasteiger partial charge is 0.308 e. The van der Waals surface area contributed by atoms with Crippen LogP contribution in [0.4, 0.5) is 13.2 Å². The van der Waals surface area contributed by atoms with Crippen molar-refractivity contribution in [3.8, 4) is 0 Å². The van der Waals surface area contributed by atoms with Gasteiger partial charge in [-0.1, -0.05) is 12.1 Å². The molecule has 1 aromatic heterocycles. The molecular weight excluding hydrogens is 221 g/mol. The average molecular weight is 236 g/mol. The largest absolute Gasteiger partial charge is 0.390 e. The molecule has 0 amide bonds. The third kappa shape index (κ3) is 3.80. The van der Waals surface area contributed by atoms with Gasteiger partial charge in [0, 0.05) is 7.05 Å². The van der Waals surface area contributed by atoms with Crippen LogP contribution in [0.3, 0.4) is 0 Å². The standard InChI is InChI=1S/C9H15F3N4/c1-3-4-13-7(5-9(10,11)12)8-6-14-15-16(8)2/h6-7,13H,3-5H2,1-2H3. The van der Waals surface area contributed by atoms with Gasteiger partial charge in [-0.25, -0.2) is 0 Å². The summed E-state index contributed by atoms with van der Waals surface area (Å²) in [6.07, 6.45) is -2.97. The van der Waals surface area contributed by atoms with E-state index in [1.165, 1.54) is 10.9 Å². The van der Waals surface area contributed by atoms with Gasteiger partial charge >= 0.3 is 6.18 Å². The molecule has 0 spiro atoms. The first-order valence-corrected chi connectivity index (χ1v) is 5.08. The molecule has 0 saturated heterocycles. The Morgan fingerprint density at radius 3 is 2.62 bits per heavy atom. The third-order valence-electron chi connectivity index (χ3n) is 2.18. The number of halogens is 3. The highest BCUT2D eigenvalue weighted by atomic mass is 19.4. The molecule has 1 heterocycles. The predicted octanol–water partition coefficient (Wildman–Crippen LogP) is 1.81.